The Morgan fingerprint density at radius 1 is 1.31 bits per heavy atom. The monoisotopic (exact) mass is 372 g/mol. The molecule has 0 atom stereocenters. The first kappa shape index (κ1) is 16.9. The number of aromatic nitrogens is 2. The third-order valence-corrected chi connectivity index (χ3v) is 6.27. The van der Waals surface area contributed by atoms with E-state index >= 15 is 0 Å². The van der Waals surface area contributed by atoms with Crippen molar-refractivity contribution in [3.8, 4) is 5.75 Å². The largest absolute Gasteiger partial charge is 0.490 e. The second-order valence-electron chi connectivity index (χ2n) is 6.26. The van der Waals surface area contributed by atoms with Crippen LogP contribution < -0.4 is 15.4 Å². The van der Waals surface area contributed by atoms with Gasteiger partial charge in [-0.3, -0.25) is 4.98 Å². The first-order valence-electron chi connectivity index (χ1n) is 8.41. The molecule has 8 heteroatoms. The van der Waals surface area contributed by atoms with Crippen molar-refractivity contribution >= 4 is 26.7 Å². The van der Waals surface area contributed by atoms with E-state index < -0.39 is 10.0 Å². The van der Waals surface area contributed by atoms with E-state index in [2.05, 4.69) is 4.98 Å². The van der Waals surface area contributed by atoms with Gasteiger partial charge in [0.25, 0.3) is 10.0 Å². The normalized spacial score (nSPS) is 14.3. The topological polar surface area (TPSA) is 90.5 Å². The first-order chi connectivity index (χ1) is 12.5. The van der Waals surface area contributed by atoms with Crippen LogP contribution in [0.5, 0.6) is 5.75 Å². The number of hydrogen-bond acceptors (Lipinski definition) is 6. The van der Waals surface area contributed by atoms with Crippen molar-refractivity contribution in [1.29, 1.82) is 0 Å². The molecule has 1 aliphatic rings. The molecule has 3 heterocycles. The van der Waals surface area contributed by atoms with E-state index in [0.29, 0.717) is 42.9 Å². The number of pyridine rings is 1. The van der Waals surface area contributed by atoms with Crippen LogP contribution in [0.4, 0.5) is 5.69 Å². The van der Waals surface area contributed by atoms with Gasteiger partial charge in [-0.2, -0.15) is 0 Å². The lowest BCUT2D eigenvalue weighted by Crippen LogP contribution is -2.29. The van der Waals surface area contributed by atoms with Crippen molar-refractivity contribution in [3.05, 3.63) is 48.3 Å². The number of benzene rings is 1. The highest BCUT2D eigenvalue weighted by Crippen LogP contribution is 2.34. The van der Waals surface area contributed by atoms with Gasteiger partial charge in [0.2, 0.25) is 0 Å². The van der Waals surface area contributed by atoms with E-state index in [1.54, 1.807) is 42.7 Å². The molecule has 7 nitrogen and oxygen atoms in total. The zero-order valence-corrected chi connectivity index (χ0v) is 15.2. The molecule has 1 aromatic carbocycles. The maximum Gasteiger partial charge on any atom is 0.268 e. The molecule has 0 saturated heterocycles. The number of rotatable bonds is 4. The number of anilines is 1. The zero-order valence-electron chi connectivity index (χ0n) is 14.4. The summed E-state index contributed by atoms with van der Waals surface area (Å²) in [6.45, 7) is 1.73. The van der Waals surface area contributed by atoms with Crippen LogP contribution in [0.2, 0.25) is 0 Å². The molecule has 2 aromatic heterocycles. The van der Waals surface area contributed by atoms with Gasteiger partial charge in [0.15, 0.2) is 0 Å². The Morgan fingerprint density at radius 3 is 2.96 bits per heavy atom. The fourth-order valence-corrected chi connectivity index (χ4v) is 4.64. The minimum Gasteiger partial charge on any atom is -0.490 e. The average Bonchev–Trinajstić information content (AvgIpc) is 3.02. The summed E-state index contributed by atoms with van der Waals surface area (Å²) in [6.07, 6.45) is 3.85. The molecule has 0 aliphatic carbocycles. The van der Waals surface area contributed by atoms with Crippen molar-refractivity contribution in [2.75, 3.05) is 31.6 Å². The van der Waals surface area contributed by atoms with Gasteiger partial charge in [-0.05, 0) is 48.9 Å². The van der Waals surface area contributed by atoms with Gasteiger partial charge >= 0.3 is 0 Å². The van der Waals surface area contributed by atoms with E-state index in [1.807, 2.05) is 11.9 Å². The van der Waals surface area contributed by atoms with Crippen LogP contribution in [0.1, 0.15) is 5.56 Å². The van der Waals surface area contributed by atoms with E-state index in [-0.39, 0.29) is 4.90 Å². The number of fused-ring (bicyclic) bond motifs is 2. The van der Waals surface area contributed by atoms with Crippen LogP contribution in [0.15, 0.2) is 47.6 Å². The third-order valence-electron chi connectivity index (χ3n) is 4.60. The molecule has 0 amide bonds. The van der Waals surface area contributed by atoms with E-state index in [9.17, 15) is 8.42 Å². The number of likely N-dealkylation sites (N-methyl/N-ethyl adjacent to an activating group) is 1. The van der Waals surface area contributed by atoms with E-state index in [1.165, 1.54) is 3.97 Å². The minimum absolute atomic E-state index is 0.216. The molecule has 2 N–H and O–H groups in total. The molecule has 1 aliphatic heterocycles. The SMILES string of the molecule is CN1CCOc2ccc(S(=O)(=O)n3cc(CCN)c4ncccc43)cc21. The quantitative estimate of drug-likeness (QED) is 0.748. The highest BCUT2D eigenvalue weighted by atomic mass is 32.2. The first-order valence-corrected chi connectivity index (χ1v) is 9.85. The predicted octanol–water partition coefficient (Wildman–Crippen LogP) is 1.60. The van der Waals surface area contributed by atoms with Gasteiger partial charge in [0, 0.05) is 19.4 Å². The maximum atomic E-state index is 13.3. The molecule has 26 heavy (non-hydrogen) atoms. The number of ether oxygens (including phenoxy) is 1. The van der Waals surface area contributed by atoms with Gasteiger partial charge in [0.05, 0.1) is 28.2 Å². The van der Waals surface area contributed by atoms with E-state index in [4.69, 9.17) is 10.5 Å². The van der Waals surface area contributed by atoms with Crippen LogP contribution in [-0.4, -0.2) is 44.1 Å². The van der Waals surface area contributed by atoms with Gasteiger partial charge in [0.1, 0.15) is 12.4 Å². The maximum absolute atomic E-state index is 13.3. The molecule has 0 saturated carbocycles. The molecular weight excluding hydrogens is 352 g/mol. The summed E-state index contributed by atoms with van der Waals surface area (Å²) in [5.41, 5.74) is 8.48. The molecule has 0 unspecified atom stereocenters. The highest BCUT2D eigenvalue weighted by Gasteiger charge is 2.24. The van der Waals surface area contributed by atoms with Crippen LogP contribution >= 0.6 is 0 Å². The number of nitrogens with zero attached hydrogens (tertiary/aromatic N) is 3. The second-order valence-corrected chi connectivity index (χ2v) is 8.08. The molecular formula is C18H20N4O3S. The van der Waals surface area contributed by atoms with Gasteiger partial charge in [-0.15, -0.1) is 0 Å². The van der Waals surface area contributed by atoms with Crippen LogP contribution in [-0.2, 0) is 16.4 Å². The fraction of sp³-hybridized carbons (Fsp3) is 0.278. The molecule has 136 valence electrons. The summed E-state index contributed by atoms with van der Waals surface area (Å²) < 4.78 is 33.5. The van der Waals surface area contributed by atoms with Gasteiger partial charge in [-0.25, -0.2) is 12.4 Å². The zero-order chi connectivity index (χ0) is 18.3. The summed E-state index contributed by atoms with van der Waals surface area (Å²) in [7, 11) is -1.84. The predicted molar refractivity (Wildman–Crippen MR) is 100 cm³/mol. The smallest absolute Gasteiger partial charge is 0.268 e. The lowest BCUT2D eigenvalue weighted by atomic mass is 10.2. The summed E-state index contributed by atoms with van der Waals surface area (Å²) in [5.74, 6) is 0.695. The third kappa shape index (κ3) is 2.62. The Labute approximate surface area is 152 Å². The molecule has 3 aromatic rings. The molecule has 0 radical (unpaired) electrons. The average molecular weight is 372 g/mol. The Kier molecular flexibility index (Phi) is 4.08. The minimum atomic E-state index is -3.77. The lowest BCUT2D eigenvalue weighted by molar-refractivity contribution is 0.311. The Hall–Kier alpha value is -2.58. The summed E-state index contributed by atoms with van der Waals surface area (Å²) in [4.78, 5) is 6.55. The van der Waals surface area contributed by atoms with Gasteiger partial charge < -0.3 is 15.4 Å². The van der Waals surface area contributed by atoms with Crippen LogP contribution in [0.25, 0.3) is 11.0 Å². The summed E-state index contributed by atoms with van der Waals surface area (Å²) in [6, 6.07) is 8.44. The van der Waals surface area contributed by atoms with Crippen LogP contribution in [0.3, 0.4) is 0 Å². The highest BCUT2D eigenvalue weighted by molar-refractivity contribution is 7.90. The van der Waals surface area contributed by atoms with Crippen molar-refractivity contribution in [2.45, 2.75) is 11.3 Å². The Morgan fingerprint density at radius 2 is 2.15 bits per heavy atom. The second kappa shape index (κ2) is 6.30. The van der Waals surface area contributed by atoms with Crippen molar-refractivity contribution in [1.82, 2.24) is 8.96 Å². The molecule has 0 bridgehead atoms. The standard InChI is InChI=1S/C18H20N4O3S/c1-21-9-10-25-17-5-4-14(11-16(17)21)26(23,24)22-12-13(6-7-19)18-15(22)3-2-8-20-18/h2-5,8,11-12H,6-7,9-10,19H2,1H3. The van der Waals surface area contributed by atoms with Crippen molar-refractivity contribution < 1.29 is 13.2 Å². The molecule has 4 rings (SSSR count). The molecule has 0 spiro atoms. The van der Waals surface area contributed by atoms with Crippen molar-refractivity contribution in [3.63, 3.8) is 0 Å². The fourth-order valence-electron chi connectivity index (χ4n) is 3.24. The Bertz CT molecular complexity index is 1080. The van der Waals surface area contributed by atoms with Crippen LogP contribution in [0, 0.1) is 0 Å². The number of nitrogens with two attached hydrogens (primary N) is 1. The van der Waals surface area contributed by atoms with E-state index in [0.717, 1.165) is 11.3 Å². The van der Waals surface area contributed by atoms with Crippen molar-refractivity contribution in [2.24, 2.45) is 5.73 Å². The Balaban J connectivity index is 1.88. The lowest BCUT2D eigenvalue weighted by Gasteiger charge is -2.28. The number of hydrogen-bond donors (Lipinski definition) is 1. The summed E-state index contributed by atoms with van der Waals surface area (Å²) in [5, 5.41) is 0. The summed E-state index contributed by atoms with van der Waals surface area (Å²) >= 11 is 0. The molecule has 0 fully saturated rings. The van der Waals surface area contributed by atoms with Gasteiger partial charge in [-0.1, -0.05) is 0 Å².